The average molecular weight is 521 g/mol. The molecule has 0 aliphatic heterocycles. The van der Waals surface area contributed by atoms with Crippen LogP contribution in [-0.4, -0.2) is 14.3 Å². The fraction of sp³-hybridized carbons (Fsp3) is 0.0833. The standard InChI is InChI=1S/C12H8BrClINO3S2/c13-7-1-3-10(15)9(5-7)12(17)16-6-8-2-4-11(20-8)21(14,18)19/h1-5H,6H2,(H,16,17). The smallest absolute Gasteiger partial charge is 0.270 e. The monoisotopic (exact) mass is 519 g/mol. The Balaban J connectivity index is 2.08. The summed E-state index contributed by atoms with van der Waals surface area (Å²) < 4.78 is 24.1. The number of amides is 1. The van der Waals surface area contributed by atoms with Crippen LogP contribution in [0, 0.1) is 3.57 Å². The highest BCUT2D eigenvalue weighted by molar-refractivity contribution is 14.1. The van der Waals surface area contributed by atoms with Crippen LogP contribution in [0.3, 0.4) is 0 Å². The second-order valence-electron chi connectivity index (χ2n) is 3.97. The Hall–Kier alpha value is -0.160. The van der Waals surface area contributed by atoms with Crippen molar-refractivity contribution in [3.05, 3.63) is 48.8 Å². The maximum atomic E-state index is 12.1. The molecule has 1 heterocycles. The Morgan fingerprint density at radius 2 is 2.05 bits per heavy atom. The molecule has 1 aromatic carbocycles. The molecule has 0 radical (unpaired) electrons. The predicted octanol–water partition coefficient (Wildman–Crippen LogP) is 3.97. The molecular weight excluding hydrogens is 513 g/mol. The third kappa shape index (κ3) is 4.65. The predicted molar refractivity (Wildman–Crippen MR) is 95.4 cm³/mol. The van der Waals surface area contributed by atoms with Gasteiger partial charge in [0.15, 0.2) is 0 Å². The molecule has 0 bridgehead atoms. The van der Waals surface area contributed by atoms with Crippen molar-refractivity contribution in [2.45, 2.75) is 10.8 Å². The summed E-state index contributed by atoms with van der Waals surface area (Å²) in [5.41, 5.74) is 0.562. The van der Waals surface area contributed by atoms with Crippen molar-refractivity contribution in [1.82, 2.24) is 5.32 Å². The Labute approximate surface area is 152 Å². The van der Waals surface area contributed by atoms with Crippen molar-refractivity contribution in [2.75, 3.05) is 0 Å². The van der Waals surface area contributed by atoms with Gasteiger partial charge in [-0.25, -0.2) is 8.42 Å². The number of carbonyl (C=O) groups is 1. The van der Waals surface area contributed by atoms with E-state index in [1.165, 1.54) is 6.07 Å². The molecular formula is C12H8BrClINO3S2. The second kappa shape index (κ2) is 6.95. The fourth-order valence-corrected chi connectivity index (χ4v) is 4.52. The van der Waals surface area contributed by atoms with E-state index in [9.17, 15) is 13.2 Å². The van der Waals surface area contributed by atoms with Gasteiger partial charge in [-0.15, -0.1) is 11.3 Å². The van der Waals surface area contributed by atoms with Gasteiger partial charge in [-0.1, -0.05) is 15.9 Å². The van der Waals surface area contributed by atoms with Gasteiger partial charge in [0.25, 0.3) is 15.0 Å². The molecule has 0 fully saturated rings. The zero-order valence-electron chi connectivity index (χ0n) is 10.3. The van der Waals surface area contributed by atoms with Crippen LogP contribution in [0.25, 0.3) is 0 Å². The first kappa shape index (κ1) is 17.2. The van der Waals surface area contributed by atoms with Crippen molar-refractivity contribution >= 4 is 75.5 Å². The van der Waals surface area contributed by atoms with E-state index in [4.69, 9.17) is 10.7 Å². The number of hydrogen-bond donors (Lipinski definition) is 1. The minimum atomic E-state index is -3.71. The van der Waals surface area contributed by atoms with E-state index in [2.05, 4.69) is 43.8 Å². The third-order valence-electron chi connectivity index (χ3n) is 2.47. The summed E-state index contributed by atoms with van der Waals surface area (Å²) in [6.45, 7) is 0.249. The molecule has 0 unspecified atom stereocenters. The zero-order valence-corrected chi connectivity index (χ0v) is 16.4. The van der Waals surface area contributed by atoms with E-state index >= 15 is 0 Å². The zero-order chi connectivity index (χ0) is 15.6. The van der Waals surface area contributed by atoms with Crippen molar-refractivity contribution in [3.63, 3.8) is 0 Å². The lowest BCUT2D eigenvalue weighted by molar-refractivity contribution is 0.0950. The summed E-state index contributed by atoms with van der Waals surface area (Å²) in [5, 5.41) is 2.76. The van der Waals surface area contributed by atoms with Crippen LogP contribution in [0.5, 0.6) is 0 Å². The van der Waals surface area contributed by atoms with Crippen molar-refractivity contribution in [2.24, 2.45) is 0 Å². The molecule has 2 rings (SSSR count). The molecule has 1 amide bonds. The van der Waals surface area contributed by atoms with E-state index < -0.39 is 9.05 Å². The summed E-state index contributed by atoms with van der Waals surface area (Å²) in [6, 6.07) is 8.49. The Morgan fingerprint density at radius 1 is 1.33 bits per heavy atom. The number of rotatable bonds is 4. The number of benzene rings is 1. The lowest BCUT2D eigenvalue weighted by Crippen LogP contribution is -2.23. The van der Waals surface area contributed by atoms with Gasteiger partial charge >= 0.3 is 0 Å². The minimum Gasteiger partial charge on any atom is -0.347 e. The minimum absolute atomic E-state index is 0.0745. The highest BCUT2D eigenvalue weighted by Crippen LogP contribution is 2.25. The van der Waals surface area contributed by atoms with Crippen molar-refractivity contribution in [3.8, 4) is 0 Å². The van der Waals surface area contributed by atoms with Gasteiger partial charge in [0.1, 0.15) is 4.21 Å². The molecule has 112 valence electrons. The SMILES string of the molecule is O=C(NCc1ccc(S(=O)(=O)Cl)s1)c1cc(Br)ccc1I. The van der Waals surface area contributed by atoms with Gasteiger partial charge in [0.05, 0.1) is 12.1 Å². The molecule has 1 N–H and O–H groups in total. The summed E-state index contributed by atoms with van der Waals surface area (Å²) in [6.07, 6.45) is 0. The quantitative estimate of drug-likeness (QED) is 0.490. The molecule has 2 aromatic rings. The maximum absolute atomic E-state index is 12.1. The number of carbonyl (C=O) groups excluding carboxylic acids is 1. The number of nitrogens with one attached hydrogen (secondary N) is 1. The fourth-order valence-electron chi connectivity index (χ4n) is 1.52. The maximum Gasteiger partial charge on any atom is 0.270 e. The van der Waals surface area contributed by atoms with Crippen LogP contribution in [0.1, 0.15) is 15.2 Å². The van der Waals surface area contributed by atoms with Crippen LogP contribution < -0.4 is 5.32 Å². The normalized spacial score (nSPS) is 11.4. The molecule has 4 nitrogen and oxygen atoms in total. The van der Waals surface area contributed by atoms with Crippen LogP contribution >= 0.6 is 60.5 Å². The van der Waals surface area contributed by atoms with E-state index in [0.717, 1.165) is 19.4 Å². The van der Waals surface area contributed by atoms with Gasteiger partial charge < -0.3 is 5.32 Å². The van der Waals surface area contributed by atoms with E-state index in [1.807, 2.05) is 12.1 Å². The van der Waals surface area contributed by atoms with E-state index in [-0.39, 0.29) is 16.7 Å². The van der Waals surface area contributed by atoms with Gasteiger partial charge in [-0.2, -0.15) is 0 Å². The highest BCUT2D eigenvalue weighted by atomic mass is 127. The first-order valence-electron chi connectivity index (χ1n) is 5.54. The van der Waals surface area contributed by atoms with Crippen LogP contribution in [0.15, 0.2) is 39.0 Å². The number of hydrogen-bond acceptors (Lipinski definition) is 4. The van der Waals surface area contributed by atoms with Gasteiger partial charge in [0, 0.05) is 23.6 Å². The Morgan fingerprint density at radius 3 is 2.67 bits per heavy atom. The average Bonchev–Trinajstić information content (AvgIpc) is 2.87. The van der Waals surface area contributed by atoms with Gasteiger partial charge in [0.2, 0.25) is 0 Å². The van der Waals surface area contributed by atoms with Crippen LogP contribution in [0.2, 0.25) is 0 Å². The molecule has 1 aromatic heterocycles. The van der Waals surface area contributed by atoms with E-state index in [1.54, 1.807) is 12.1 Å². The van der Waals surface area contributed by atoms with Crippen molar-refractivity contribution < 1.29 is 13.2 Å². The number of thiophene rings is 1. The summed E-state index contributed by atoms with van der Waals surface area (Å²) in [5.74, 6) is -0.218. The number of halogens is 3. The summed E-state index contributed by atoms with van der Waals surface area (Å²) >= 11 is 6.45. The summed E-state index contributed by atoms with van der Waals surface area (Å²) in [7, 11) is 1.54. The Kier molecular flexibility index (Phi) is 5.69. The molecule has 0 atom stereocenters. The molecule has 0 aliphatic carbocycles. The lowest BCUT2D eigenvalue weighted by Gasteiger charge is -2.06. The summed E-state index contributed by atoms with van der Waals surface area (Å²) in [4.78, 5) is 12.8. The Bertz CT molecular complexity index is 792. The van der Waals surface area contributed by atoms with E-state index in [0.29, 0.717) is 10.4 Å². The molecule has 21 heavy (non-hydrogen) atoms. The third-order valence-corrected chi connectivity index (χ3v) is 7.09. The first-order chi connectivity index (χ1) is 9.77. The van der Waals surface area contributed by atoms with Gasteiger partial charge in [-0.3, -0.25) is 4.79 Å². The molecule has 0 saturated heterocycles. The topological polar surface area (TPSA) is 63.2 Å². The molecule has 9 heteroatoms. The lowest BCUT2D eigenvalue weighted by atomic mass is 10.2. The van der Waals surface area contributed by atoms with Crippen LogP contribution in [-0.2, 0) is 15.6 Å². The first-order valence-corrected chi connectivity index (χ1v) is 10.5. The second-order valence-corrected chi connectivity index (χ2v) is 10.0. The van der Waals surface area contributed by atoms with Gasteiger partial charge in [-0.05, 0) is 52.9 Å². The molecule has 0 saturated carbocycles. The molecule has 0 spiro atoms. The highest BCUT2D eigenvalue weighted by Gasteiger charge is 2.14. The van der Waals surface area contributed by atoms with Crippen LogP contribution in [0.4, 0.5) is 0 Å². The van der Waals surface area contributed by atoms with Crippen molar-refractivity contribution in [1.29, 1.82) is 0 Å². The molecule has 0 aliphatic rings. The largest absolute Gasteiger partial charge is 0.347 e.